The first-order chi connectivity index (χ1) is 15.7. The molecule has 1 aliphatic rings. The van der Waals surface area contributed by atoms with Crippen molar-refractivity contribution in [3.63, 3.8) is 0 Å². The fraction of sp³-hybridized carbons (Fsp3) is 0.211. The molecule has 0 saturated heterocycles. The lowest BCUT2D eigenvalue weighted by molar-refractivity contribution is 0.480. The third-order valence-electron chi connectivity index (χ3n) is 4.73. The quantitative estimate of drug-likeness (QED) is 0.186. The summed E-state index contributed by atoms with van der Waals surface area (Å²) in [6, 6.07) is 7.49. The van der Waals surface area contributed by atoms with Crippen molar-refractivity contribution >= 4 is 71.1 Å². The first-order valence-corrected chi connectivity index (χ1v) is 14.5. The number of rotatable bonds is 8. The van der Waals surface area contributed by atoms with E-state index in [1.165, 1.54) is 36.4 Å². The van der Waals surface area contributed by atoms with Gasteiger partial charge < -0.3 is 10.6 Å². The van der Waals surface area contributed by atoms with Crippen molar-refractivity contribution in [1.29, 1.82) is 0 Å². The van der Waals surface area contributed by atoms with Crippen LogP contribution in [0.1, 0.15) is 24.0 Å². The fourth-order valence-electron chi connectivity index (χ4n) is 2.93. The molecule has 184 valence electrons. The summed E-state index contributed by atoms with van der Waals surface area (Å²) in [6.07, 6.45) is 3.44. The maximum Gasteiger partial charge on any atom is 0.295 e. The largest absolute Gasteiger partial charge is 0.366 e. The second-order valence-corrected chi connectivity index (χ2v) is 12.5. The van der Waals surface area contributed by atoms with Crippen LogP contribution in [0.25, 0.3) is 12.2 Å². The van der Waals surface area contributed by atoms with E-state index in [2.05, 4.69) is 15.4 Å². The number of benzene rings is 2. The minimum atomic E-state index is -4.77. The Balaban J connectivity index is 2.00. The van der Waals surface area contributed by atoms with Gasteiger partial charge in [0.1, 0.15) is 9.79 Å². The Kier molecular flexibility index (Phi) is 7.35. The van der Waals surface area contributed by atoms with Gasteiger partial charge in [0.2, 0.25) is 10.0 Å². The Morgan fingerprint density at radius 2 is 1.35 bits per heavy atom. The fourth-order valence-corrected chi connectivity index (χ4v) is 5.85. The number of nitrogens with one attached hydrogen (secondary N) is 3. The lowest BCUT2D eigenvalue weighted by atomic mass is 10.1. The molecule has 5 N–H and O–H groups in total. The highest BCUT2D eigenvalue weighted by Crippen LogP contribution is 2.31. The second kappa shape index (κ2) is 9.59. The Labute approximate surface area is 202 Å². The van der Waals surface area contributed by atoms with E-state index in [-0.39, 0.29) is 27.6 Å². The molecule has 15 heteroatoms. The maximum atomic E-state index is 12.1. The molecule has 0 spiro atoms. The van der Waals surface area contributed by atoms with Crippen LogP contribution in [0.15, 0.2) is 46.2 Å². The molecule has 11 nitrogen and oxygen atoms in total. The van der Waals surface area contributed by atoms with Gasteiger partial charge in [0, 0.05) is 18.4 Å². The molecule has 3 rings (SSSR count). The Morgan fingerprint density at radius 3 is 1.79 bits per heavy atom. The van der Waals surface area contributed by atoms with Crippen molar-refractivity contribution in [2.24, 2.45) is 0 Å². The predicted octanol–water partition coefficient (Wildman–Crippen LogP) is 2.17. The van der Waals surface area contributed by atoms with Crippen molar-refractivity contribution in [1.82, 2.24) is 5.32 Å². The van der Waals surface area contributed by atoms with E-state index in [1.807, 2.05) is 0 Å². The predicted molar refractivity (Wildman–Crippen MR) is 132 cm³/mol. The summed E-state index contributed by atoms with van der Waals surface area (Å²) in [5, 5.41) is 5.04. The smallest absolute Gasteiger partial charge is 0.295 e. The van der Waals surface area contributed by atoms with E-state index in [4.69, 9.17) is 12.2 Å². The molecule has 0 atom stereocenters. The first kappa shape index (κ1) is 26.1. The number of thiocarbonyl (C=S) groups is 1. The molecule has 0 aromatic heterocycles. The van der Waals surface area contributed by atoms with Gasteiger partial charge in [-0.1, -0.05) is 24.3 Å². The van der Waals surface area contributed by atoms with Crippen LogP contribution in [0.2, 0.25) is 0 Å². The molecule has 1 aliphatic carbocycles. The van der Waals surface area contributed by atoms with Crippen molar-refractivity contribution in [3.05, 3.63) is 47.5 Å². The van der Waals surface area contributed by atoms with E-state index < -0.39 is 45.3 Å². The van der Waals surface area contributed by atoms with Crippen LogP contribution >= 0.6 is 12.2 Å². The van der Waals surface area contributed by atoms with Crippen LogP contribution in [-0.4, -0.2) is 51.8 Å². The number of sulfonamides is 1. The van der Waals surface area contributed by atoms with Gasteiger partial charge in [-0.05, 0) is 60.5 Å². The summed E-state index contributed by atoms with van der Waals surface area (Å²) in [7, 11) is -11.5. The molecule has 0 aliphatic heterocycles. The molecular formula is C19H21N3O8S4. The highest BCUT2D eigenvalue weighted by molar-refractivity contribution is 7.93. The van der Waals surface area contributed by atoms with Gasteiger partial charge in [0.15, 0.2) is 5.11 Å². The van der Waals surface area contributed by atoms with E-state index >= 15 is 0 Å². The summed E-state index contributed by atoms with van der Waals surface area (Å²) >= 11 is 4.96. The third kappa shape index (κ3) is 6.52. The van der Waals surface area contributed by atoms with Gasteiger partial charge in [0.05, 0.1) is 5.25 Å². The molecule has 0 radical (unpaired) electrons. The first-order valence-electron chi connectivity index (χ1n) is 9.62. The van der Waals surface area contributed by atoms with Crippen LogP contribution in [-0.2, 0) is 30.3 Å². The minimum Gasteiger partial charge on any atom is -0.366 e. The molecule has 0 heterocycles. The summed E-state index contributed by atoms with van der Waals surface area (Å²) < 4.78 is 93.4. The van der Waals surface area contributed by atoms with Crippen molar-refractivity contribution in [2.75, 3.05) is 17.1 Å². The van der Waals surface area contributed by atoms with E-state index in [1.54, 1.807) is 7.05 Å². The minimum absolute atomic E-state index is 0.0169. The lowest BCUT2D eigenvalue weighted by Gasteiger charge is -2.11. The van der Waals surface area contributed by atoms with E-state index in [9.17, 15) is 34.4 Å². The average molecular weight is 548 g/mol. The zero-order valence-corrected chi connectivity index (χ0v) is 20.9. The van der Waals surface area contributed by atoms with E-state index in [0.717, 1.165) is 12.1 Å². The molecule has 2 aromatic carbocycles. The van der Waals surface area contributed by atoms with E-state index in [0.29, 0.717) is 12.8 Å². The molecule has 0 unspecified atom stereocenters. The normalized spacial score (nSPS) is 14.7. The van der Waals surface area contributed by atoms with Crippen LogP contribution in [0.3, 0.4) is 0 Å². The maximum absolute atomic E-state index is 12.1. The lowest BCUT2D eigenvalue weighted by Crippen LogP contribution is -2.24. The molecule has 34 heavy (non-hydrogen) atoms. The Morgan fingerprint density at radius 1 is 0.882 bits per heavy atom. The Hall–Kier alpha value is -2.56. The van der Waals surface area contributed by atoms with Crippen molar-refractivity contribution in [3.8, 4) is 0 Å². The number of hydrogen-bond acceptors (Lipinski definition) is 7. The molecule has 1 saturated carbocycles. The third-order valence-corrected chi connectivity index (χ3v) is 8.73. The molecule has 1 fully saturated rings. The number of hydrogen-bond donors (Lipinski definition) is 5. The van der Waals surface area contributed by atoms with Crippen molar-refractivity contribution in [2.45, 2.75) is 27.9 Å². The SMILES string of the molecule is CNC(=S)Nc1ccc(C=Cc2ccc(NS(=O)(=O)C3CC3)cc2S(=O)(=O)O)c(S(=O)(=O)O)c1. The number of anilines is 2. The van der Waals surface area contributed by atoms with Crippen molar-refractivity contribution < 1.29 is 34.4 Å². The highest BCUT2D eigenvalue weighted by atomic mass is 32.2. The summed E-state index contributed by atoms with van der Waals surface area (Å²) in [5.41, 5.74) is 0.196. The Bertz CT molecular complexity index is 1480. The van der Waals surface area contributed by atoms with Gasteiger partial charge in [-0.2, -0.15) is 16.8 Å². The van der Waals surface area contributed by atoms with Crippen LogP contribution in [0, 0.1) is 0 Å². The summed E-state index contributed by atoms with van der Waals surface area (Å²) in [5.74, 6) is 0. The topological polar surface area (TPSA) is 179 Å². The van der Waals surface area contributed by atoms with Gasteiger partial charge in [-0.15, -0.1) is 0 Å². The van der Waals surface area contributed by atoms with Gasteiger partial charge >= 0.3 is 0 Å². The van der Waals surface area contributed by atoms with Crippen LogP contribution in [0.5, 0.6) is 0 Å². The zero-order chi connectivity index (χ0) is 25.3. The van der Waals surface area contributed by atoms with Gasteiger partial charge in [0.25, 0.3) is 20.2 Å². The molecule has 2 aromatic rings. The van der Waals surface area contributed by atoms with Crippen LogP contribution < -0.4 is 15.4 Å². The summed E-state index contributed by atoms with van der Waals surface area (Å²) in [4.78, 5) is -1.07. The molecular weight excluding hydrogens is 526 g/mol. The summed E-state index contributed by atoms with van der Waals surface area (Å²) in [6.45, 7) is 0. The average Bonchev–Trinajstić information content (AvgIpc) is 3.58. The standard InChI is InChI=1S/C19H21N3O8S4/c1-20-19(31)21-14-6-4-12(17(10-14)33(25,26)27)2-3-13-5-7-15(11-18(13)34(28,29)30)22-32(23,24)16-8-9-16/h2-7,10-11,16,22H,8-9H2,1H3,(H2,20,21,31)(H,25,26,27)(H,28,29,30). The van der Waals surface area contributed by atoms with Gasteiger partial charge in [-0.25, -0.2) is 8.42 Å². The molecule has 0 amide bonds. The monoisotopic (exact) mass is 547 g/mol. The zero-order valence-electron chi connectivity index (χ0n) is 17.6. The van der Waals surface area contributed by atoms with Gasteiger partial charge in [-0.3, -0.25) is 13.8 Å². The second-order valence-electron chi connectivity index (χ2n) is 7.34. The molecule has 0 bridgehead atoms. The van der Waals surface area contributed by atoms with Crippen LogP contribution in [0.4, 0.5) is 11.4 Å². The highest BCUT2D eigenvalue weighted by Gasteiger charge is 2.35.